The highest BCUT2D eigenvalue weighted by Gasteiger charge is 2.40. The lowest BCUT2D eigenvalue weighted by molar-refractivity contribution is -0.254. The zero-order valence-electron chi connectivity index (χ0n) is 9.11. The van der Waals surface area contributed by atoms with Gasteiger partial charge in [-0.25, -0.2) is 0 Å². The number of anilines is 1. The Kier molecular flexibility index (Phi) is 1.54. The fourth-order valence-electron chi connectivity index (χ4n) is 3.26. The van der Waals surface area contributed by atoms with Crippen molar-refractivity contribution in [3.63, 3.8) is 0 Å². The van der Waals surface area contributed by atoms with E-state index in [1.807, 2.05) is 12.1 Å². The Balaban J connectivity index is 2.08. The first-order valence-corrected chi connectivity index (χ1v) is 6.00. The van der Waals surface area contributed by atoms with Crippen molar-refractivity contribution >= 4 is 16.6 Å². The first kappa shape index (κ1) is 8.71. The monoisotopic (exact) mass is 210 g/mol. The van der Waals surface area contributed by atoms with Gasteiger partial charge in [-0.1, -0.05) is 12.1 Å². The summed E-state index contributed by atoms with van der Waals surface area (Å²) in [5.41, 5.74) is 11.0. The van der Waals surface area contributed by atoms with Gasteiger partial charge in [-0.15, -0.1) is 0 Å². The first-order valence-electron chi connectivity index (χ1n) is 6.00. The molecule has 3 aliphatic rings. The fourth-order valence-corrected chi connectivity index (χ4v) is 3.26. The highest BCUT2D eigenvalue weighted by molar-refractivity contribution is 5.89. The zero-order valence-corrected chi connectivity index (χ0v) is 9.11. The smallest absolute Gasteiger partial charge is 0.191 e. The summed E-state index contributed by atoms with van der Waals surface area (Å²) in [6, 6.07) is 8.22. The molecule has 3 aliphatic carbocycles. The summed E-state index contributed by atoms with van der Waals surface area (Å²) in [7, 11) is 0. The summed E-state index contributed by atoms with van der Waals surface area (Å²) in [6.07, 6.45) is 3.81. The molecule has 0 amide bonds. The summed E-state index contributed by atoms with van der Waals surface area (Å²) in [4.78, 5) is 4.82. The van der Waals surface area contributed by atoms with E-state index < -0.39 is 0 Å². The lowest BCUT2D eigenvalue weighted by Crippen LogP contribution is -2.44. The third kappa shape index (κ3) is 0.978. The van der Waals surface area contributed by atoms with Crippen LogP contribution in [0.5, 0.6) is 0 Å². The van der Waals surface area contributed by atoms with Crippen LogP contribution in [0.15, 0.2) is 24.3 Å². The Hall–Kier alpha value is -1.41. The minimum Gasteiger partial charge on any atom is -0.252 e. The van der Waals surface area contributed by atoms with Gasteiger partial charge in [0, 0.05) is 11.5 Å². The number of hydrogen-bond donors (Lipinski definition) is 1. The van der Waals surface area contributed by atoms with Crippen molar-refractivity contribution in [2.75, 3.05) is 0 Å². The third-order valence-electron chi connectivity index (χ3n) is 4.18. The standard InChI is InChI=1S/C14H14N2/c15-13-10-3-1-2-4-12(10)16-14-9-5-8(6-9)7-11(13)14/h1-4,8-9H,5-7,15H2/q+1. The topological polar surface area (TPSA) is 38.2 Å². The molecule has 0 saturated heterocycles. The Morgan fingerprint density at radius 3 is 2.88 bits per heavy atom. The van der Waals surface area contributed by atoms with Gasteiger partial charge in [0.25, 0.3) is 0 Å². The van der Waals surface area contributed by atoms with Gasteiger partial charge >= 0.3 is 0 Å². The third-order valence-corrected chi connectivity index (χ3v) is 4.18. The van der Waals surface area contributed by atoms with Gasteiger partial charge in [-0.2, -0.15) is 5.73 Å². The molecule has 0 unspecified atom stereocenters. The fraction of sp³-hybridized carbons (Fsp3) is 0.357. The van der Waals surface area contributed by atoms with Crippen LogP contribution in [0, 0.1) is 5.92 Å². The highest BCUT2D eigenvalue weighted by atomic mass is 14.8. The van der Waals surface area contributed by atoms with Crippen LogP contribution in [-0.2, 0) is 6.42 Å². The molecule has 1 aromatic heterocycles. The Morgan fingerprint density at radius 1 is 1.19 bits per heavy atom. The molecule has 5 rings (SSSR count). The van der Waals surface area contributed by atoms with Crippen LogP contribution >= 0.6 is 0 Å². The number of pyridine rings is 1. The molecule has 2 nitrogen and oxygen atoms in total. The van der Waals surface area contributed by atoms with E-state index >= 15 is 0 Å². The van der Waals surface area contributed by atoms with Crippen molar-refractivity contribution < 1.29 is 5.73 Å². The van der Waals surface area contributed by atoms with Crippen LogP contribution in [0.4, 0.5) is 5.69 Å². The van der Waals surface area contributed by atoms with Crippen molar-refractivity contribution in [3.8, 4) is 0 Å². The number of benzene rings is 1. The summed E-state index contributed by atoms with van der Waals surface area (Å²) >= 11 is 0. The Morgan fingerprint density at radius 2 is 2.00 bits per heavy atom. The minimum atomic E-state index is 0.695. The number of para-hydroxylation sites is 1. The van der Waals surface area contributed by atoms with Crippen molar-refractivity contribution in [2.24, 2.45) is 5.92 Å². The normalized spacial score (nSPS) is 26.3. The van der Waals surface area contributed by atoms with Gasteiger partial charge in [0.2, 0.25) is 0 Å². The van der Waals surface area contributed by atoms with E-state index in [0.29, 0.717) is 5.92 Å². The molecular weight excluding hydrogens is 196 g/mol. The van der Waals surface area contributed by atoms with Crippen molar-refractivity contribution in [2.45, 2.75) is 25.2 Å². The Bertz CT molecular complexity index is 583. The number of rotatable bonds is 0. The van der Waals surface area contributed by atoms with E-state index in [4.69, 9.17) is 10.7 Å². The first-order chi connectivity index (χ1) is 7.83. The van der Waals surface area contributed by atoms with Crippen molar-refractivity contribution in [3.05, 3.63) is 35.5 Å². The van der Waals surface area contributed by atoms with E-state index in [1.54, 1.807) is 0 Å². The number of nitrogens with zero attached hydrogens (tertiary/aromatic N) is 1. The van der Waals surface area contributed by atoms with Crippen molar-refractivity contribution in [1.82, 2.24) is 4.98 Å². The lowest BCUT2D eigenvalue weighted by Gasteiger charge is -2.41. The van der Waals surface area contributed by atoms with Gasteiger partial charge in [-0.05, 0) is 37.3 Å². The summed E-state index contributed by atoms with van der Waals surface area (Å²) < 4.78 is 0. The second-order valence-electron chi connectivity index (χ2n) is 5.14. The zero-order chi connectivity index (χ0) is 10.7. The van der Waals surface area contributed by atoms with Crippen LogP contribution in [0.25, 0.3) is 10.9 Å². The SMILES string of the molecule is [NH2+]c1c2c(nc3ccccc13)C1CC(C2)C1. The molecule has 0 aliphatic heterocycles. The van der Waals surface area contributed by atoms with Gasteiger partial charge in [0.05, 0.1) is 16.6 Å². The summed E-state index contributed by atoms with van der Waals surface area (Å²) in [5.74, 6) is 1.57. The molecule has 16 heavy (non-hydrogen) atoms. The maximum absolute atomic E-state index is 6.28. The van der Waals surface area contributed by atoms with Crippen LogP contribution in [-0.4, -0.2) is 4.98 Å². The van der Waals surface area contributed by atoms with Gasteiger partial charge in [0.15, 0.2) is 5.69 Å². The van der Waals surface area contributed by atoms with Gasteiger partial charge in [0.1, 0.15) is 0 Å². The van der Waals surface area contributed by atoms with E-state index in [0.717, 1.165) is 28.9 Å². The van der Waals surface area contributed by atoms with Crippen LogP contribution in [0.1, 0.15) is 30.0 Å². The second-order valence-corrected chi connectivity index (χ2v) is 5.14. The summed E-state index contributed by atoms with van der Waals surface area (Å²) in [6.45, 7) is 0. The van der Waals surface area contributed by atoms with E-state index in [-0.39, 0.29) is 0 Å². The van der Waals surface area contributed by atoms with E-state index in [9.17, 15) is 0 Å². The molecule has 1 radical (unpaired) electrons. The molecule has 0 atom stereocenters. The number of nitrogens with two attached hydrogens (primary N) is 1. The largest absolute Gasteiger partial charge is 0.252 e. The highest BCUT2D eigenvalue weighted by Crippen LogP contribution is 2.50. The number of aromatic nitrogens is 1. The maximum Gasteiger partial charge on any atom is 0.191 e. The van der Waals surface area contributed by atoms with Crippen molar-refractivity contribution in [1.29, 1.82) is 0 Å². The number of nitrogen functional groups attached to an aromatic ring is 1. The maximum atomic E-state index is 6.28. The molecule has 2 aromatic rings. The van der Waals surface area contributed by atoms with E-state index in [1.165, 1.54) is 24.1 Å². The summed E-state index contributed by atoms with van der Waals surface area (Å²) in [5, 5.41) is 1.13. The van der Waals surface area contributed by atoms with Gasteiger partial charge in [-0.3, -0.25) is 4.98 Å². The quantitative estimate of drug-likeness (QED) is 0.709. The van der Waals surface area contributed by atoms with Crippen LogP contribution in [0.2, 0.25) is 0 Å². The molecule has 79 valence electrons. The molecular formula is C14H14N2+. The predicted octanol–water partition coefficient (Wildman–Crippen LogP) is 1.94. The molecule has 1 aromatic carbocycles. The second kappa shape index (κ2) is 2.83. The predicted molar refractivity (Wildman–Crippen MR) is 62.5 cm³/mol. The number of fused-ring (bicyclic) bond motifs is 1. The van der Waals surface area contributed by atoms with Crippen LogP contribution < -0.4 is 5.73 Å². The van der Waals surface area contributed by atoms with E-state index in [2.05, 4.69) is 12.1 Å². The number of hydrogen-bond acceptors (Lipinski definition) is 2. The molecule has 1 heterocycles. The molecule has 2 heteroatoms. The lowest BCUT2D eigenvalue weighted by atomic mass is 9.64. The Labute approximate surface area is 94.5 Å². The average Bonchev–Trinajstić information content (AvgIpc) is 2.27. The molecule has 2 N–H and O–H groups in total. The molecule has 1 fully saturated rings. The molecule has 1 saturated carbocycles. The minimum absolute atomic E-state index is 0.695. The average molecular weight is 210 g/mol. The molecule has 2 bridgehead atoms. The van der Waals surface area contributed by atoms with Gasteiger partial charge < -0.3 is 0 Å². The van der Waals surface area contributed by atoms with Crippen LogP contribution in [0.3, 0.4) is 0 Å². The molecule has 0 spiro atoms.